The highest BCUT2D eigenvalue weighted by molar-refractivity contribution is 7.17. The van der Waals surface area contributed by atoms with Crippen LogP contribution in [0, 0.1) is 11.3 Å². The number of hydrogen-bond donors (Lipinski definition) is 2. The molecule has 2 heterocycles. The van der Waals surface area contributed by atoms with E-state index in [1.807, 2.05) is 0 Å². The van der Waals surface area contributed by atoms with E-state index in [0.29, 0.717) is 43.6 Å². The molecule has 1 aliphatic carbocycles. The molecular formula is C26H26Cl2N2O3S. The normalized spacial score (nSPS) is 16.0. The fourth-order valence-electron chi connectivity index (χ4n) is 4.27. The minimum absolute atomic E-state index is 0.178. The molecule has 8 heteroatoms. The average molecular weight is 517 g/mol. The van der Waals surface area contributed by atoms with Gasteiger partial charge in [0.15, 0.2) is 0 Å². The Morgan fingerprint density at radius 1 is 1.21 bits per heavy atom. The second-order valence-electron chi connectivity index (χ2n) is 9.50. The Bertz CT molecular complexity index is 1280. The van der Waals surface area contributed by atoms with Gasteiger partial charge in [0.05, 0.1) is 15.6 Å². The number of fused-ring (bicyclic) bond motifs is 1. The van der Waals surface area contributed by atoms with E-state index in [9.17, 15) is 9.59 Å². The zero-order chi connectivity index (χ0) is 24.6. The van der Waals surface area contributed by atoms with Gasteiger partial charge in [-0.2, -0.15) is 0 Å². The van der Waals surface area contributed by atoms with Crippen molar-refractivity contribution in [2.45, 2.75) is 40.0 Å². The van der Waals surface area contributed by atoms with Gasteiger partial charge in [-0.25, -0.2) is 0 Å². The van der Waals surface area contributed by atoms with Gasteiger partial charge in [-0.05, 0) is 66.5 Å². The summed E-state index contributed by atoms with van der Waals surface area (Å²) in [6.07, 6.45) is 5.60. The summed E-state index contributed by atoms with van der Waals surface area (Å²) in [4.78, 5) is 26.0. The molecule has 1 aliphatic rings. The smallest absolute Gasteiger partial charge is 0.251 e. The van der Waals surface area contributed by atoms with Gasteiger partial charge in [0, 0.05) is 16.5 Å². The van der Waals surface area contributed by atoms with E-state index in [4.69, 9.17) is 33.4 Å². The van der Waals surface area contributed by atoms with Crippen molar-refractivity contribution in [2.75, 3.05) is 5.32 Å². The Morgan fingerprint density at radius 3 is 2.68 bits per heavy atom. The van der Waals surface area contributed by atoms with Crippen molar-refractivity contribution < 1.29 is 14.0 Å². The van der Waals surface area contributed by atoms with Gasteiger partial charge in [0.25, 0.3) is 5.91 Å². The maximum absolute atomic E-state index is 12.6. The molecule has 4 rings (SSSR count). The summed E-state index contributed by atoms with van der Waals surface area (Å²) >= 11 is 13.8. The zero-order valence-electron chi connectivity index (χ0n) is 19.2. The third-order valence-electron chi connectivity index (χ3n) is 6.22. The number of primary amides is 1. The molecule has 0 aliphatic heterocycles. The molecule has 0 saturated carbocycles. The predicted molar refractivity (Wildman–Crippen MR) is 140 cm³/mol. The minimum atomic E-state index is -0.514. The van der Waals surface area contributed by atoms with Crippen molar-refractivity contribution in [2.24, 2.45) is 17.1 Å². The summed E-state index contributed by atoms with van der Waals surface area (Å²) in [5.74, 6) is 0.661. The lowest BCUT2D eigenvalue weighted by Gasteiger charge is -2.33. The van der Waals surface area contributed by atoms with Crippen molar-refractivity contribution in [1.29, 1.82) is 0 Å². The van der Waals surface area contributed by atoms with E-state index in [0.717, 1.165) is 29.7 Å². The monoisotopic (exact) mass is 516 g/mol. The van der Waals surface area contributed by atoms with E-state index in [1.54, 1.807) is 36.4 Å². The maximum Gasteiger partial charge on any atom is 0.251 e. The molecule has 0 fully saturated rings. The third kappa shape index (κ3) is 5.09. The van der Waals surface area contributed by atoms with Crippen molar-refractivity contribution in [3.63, 3.8) is 0 Å². The van der Waals surface area contributed by atoms with E-state index in [2.05, 4.69) is 26.1 Å². The first-order chi connectivity index (χ1) is 16.0. The number of nitrogens with two attached hydrogens (primary N) is 1. The lowest BCUT2D eigenvalue weighted by atomic mass is 9.72. The molecule has 3 N–H and O–H groups in total. The first kappa shape index (κ1) is 24.6. The van der Waals surface area contributed by atoms with Crippen molar-refractivity contribution in [3.8, 4) is 11.3 Å². The highest BCUT2D eigenvalue weighted by Gasteiger charge is 2.33. The van der Waals surface area contributed by atoms with Crippen LogP contribution in [0.15, 0.2) is 40.8 Å². The lowest BCUT2D eigenvalue weighted by molar-refractivity contribution is -0.111. The highest BCUT2D eigenvalue weighted by atomic mass is 35.5. The Balaban J connectivity index is 1.51. The Kier molecular flexibility index (Phi) is 6.94. The first-order valence-electron chi connectivity index (χ1n) is 11.0. The number of carbonyl (C=O) groups is 2. The molecule has 3 aromatic rings. The van der Waals surface area contributed by atoms with Crippen molar-refractivity contribution in [1.82, 2.24) is 0 Å². The second kappa shape index (κ2) is 9.61. The van der Waals surface area contributed by atoms with E-state index < -0.39 is 5.91 Å². The fourth-order valence-corrected chi connectivity index (χ4v) is 6.00. The van der Waals surface area contributed by atoms with Gasteiger partial charge in [0.2, 0.25) is 5.91 Å². The van der Waals surface area contributed by atoms with Gasteiger partial charge >= 0.3 is 0 Å². The van der Waals surface area contributed by atoms with E-state index >= 15 is 0 Å². The van der Waals surface area contributed by atoms with E-state index in [1.165, 1.54) is 17.4 Å². The van der Waals surface area contributed by atoms with Crippen LogP contribution in [0.1, 0.15) is 53.8 Å². The topological polar surface area (TPSA) is 85.3 Å². The Labute approximate surface area is 212 Å². The van der Waals surface area contributed by atoms with Crippen LogP contribution >= 0.6 is 34.5 Å². The first-order valence-corrected chi connectivity index (χ1v) is 12.6. The number of furan rings is 1. The third-order valence-corrected chi connectivity index (χ3v) is 8.20. The molecule has 0 radical (unpaired) electrons. The van der Waals surface area contributed by atoms with Crippen LogP contribution in [-0.2, 0) is 17.6 Å². The number of amides is 2. The quantitative estimate of drug-likeness (QED) is 0.351. The molecule has 1 atom stereocenters. The van der Waals surface area contributed by atoms with Gasteiger partial charge in [-0.1, -0.05) is 50.0 Å². The molecule has 1 unspecified atom stereocenters. The maximum atomic E-state index is 12.6. The highest BCUT2D eigenvalue weighted by Crippen LogP contribution is 2.44. The number of hydrogen-bond acceptors (Lipinski definition) is 4. The van der Waals surface area contributed by atoms with Crippen LogP contribution in [0.4, 0.5) is 5.00 Å². The lowest BCUT2D eigenvalue weighted by Crippen LogP contribution is -2.27. The number of nitrogens with one attached hydrogen (secondary N) is 1. The molecule has 5 nitrogen and oxygen atoms in total. The zero-order valence-corrected chi connectivity index (χ0v) is 21.5. The molecule has 1 aromatic carbocycles. The largest absolute Gasteiger partial charge is 0.457 e. The molecule has 2 amide bonds. The summed E-state index contributed by atoms with van der Waals surface area (Å²) < 4.78 is 5.80. The molecule has 0 bridgehead atoms. The number of benzene rings is 1. The SMILES string of the molecule is CC(C)(C)C1CCc2c(sc(NC(=O)C=Cc3ccc(-c4cccc(Cl)c4Cl)o3)c2C(N)=O)C1. The average Bonchev–Trinajstić information content (AvgIpc) is 3.37. The van der Waals surface area contributed by atoms with Crippen LogP contribution < -0.4 is 11.1 Å². The van der Waals surface area contributed by atoms with Crippen LogP contribution in [0.25, 0.3) is 17.4 Å². The fraction of sp³-hybridized carbons (Fsp3) is 0.308. The second-order valence-corrected chi connectivity index (χ2v) is 11.4. The number of thiophene rings is 1. The molecule has 0 saturated heterocycles. The molecule has 34 heavy (non-hydrogen) atoms. The van der Waals surface area contributed by atoms with Gasteiger partial charge in [-0.15, -0.1) is 11.3 Å². The van der Waals surface area contributed by atoms with Crippen molar-refractivity contribution >= 4 is 57.4 Å². The predicted octanol–water partition coefficient (Wildman–Crippen LogP) is 7.22. The molecular weight excluding hydrogens is 491 g/mol. The summed E-state index contributed by atoms with van der Waals surface area (Å²) in [6, 6.07) is 8.80. The molecule has 0 spiro atoms. The van der Waals surface area contributed by atoms with Crippen LogP contribution in [0.3, 0.4) is 0 Å². The summed E-state index contributed by atoms with van der Waals surface area (Å²) in [6.45, 7) is 6.71. The van der Waals surface area contributed by atoms with Gasteiger partial charge in [-0.3, -0.25) is 9.59 Å². The van der Waals surface area contributed by atoms with Crippen LogP contribution in [0.2, 0.25) is 10.0 Å². The van der Waals surface area contributed by atoms with E-state index in [-0.39, 0.29) is 11.3 Å². The van der Waals surface area contributed by atoms with Gasteiger partial charge < -0.3 is 15.5 Å². The van der Waals surface area contributed by atoms with Crippen molar-refractivity contribution in [3.05, 3.63) is 68.2 Å². The Hall–Kier alpha value is -2.54. The van der Waals surface area contributed by atoms with Gasteiger partial charge in [0.1, 0.15) is 16.5 Å². The minimum Gasteiger partial charge on any atom is -0.457 e. The van der Waals surface area contributed by atoms with Crippen LogP contribution in [-0.4, -0.2) is 11.8 Å². The Morgan fingerprint density at radius 2 is 1.97 bits per heavy atom. The number of halogens is 2. The molecule has 178 valence electrons. The van der Waals surface area contributed by atoms with Crippen LogP contribution in [0.5, 0.6) is 0 Å². The standard InChI is InChI=1S/C26H26Cl2N2O3S/c1-26(2,3)14-7-10-17-20(13-14)34-25(22(17)24(29)32)30-21(31)12-9-15-8-11-19(33-15)16-5-4-6-18(27)23(16)28/h4-6,8-9,11-12,14H,7,10,13H2,1-3H3,(H2,29,32)(H,30,31). The molecule has 2 aromatic heterocycles. The summed E-state index contributed by atoms with van der Waals surface area (Å²) in [5.41, 5.74) is 7.95. The summed E-state index contributed by atoms with van der Waals surface area (Å²) in [7, 11) is 0. The number of anilines is 1. The number of rotatable bonds is 5. The summed E-state index contributed by atoms with van der Waals surface area (Å²) in [5, 5.41) is 4.19. The number of carbonyl (C=O) groups excluding carboxylic acids is 2.